The first-order valence-electron chi connectivity index (χ1n) is 8.01. The third kappa shape index (κ3) is 4.85. The van der Waals surface area contributed by atoms with Crippen LogP contribution in [-0.2, 0) is 16.6 Å². The third-order valence-electron chi connectivity index (χ3n) is 3.67. The lowest BCUT2D eigenvalue weighted by molar-refractivity contribution is 0.0696. The zero-order valence-electron chi connectivity index (χ0n) is 14.4. The van der Waals surface area contributed by atoms with Gasteiger partial charge in [-0.05, 0) is 35.5 Å². The van der Waals surface area contributed by atoms with Crippen molar-refractivity contribution >= 4 is 33.4 Å². The van der Waals surface area contributed by atoms with E-state index in [9.17, 15) is 18.3 Å². The van der Waals surface area contributed by atoms with Crippen LogP contribution in [-0.4, -0.2) is 29.5 Å². The normalized spacial score (nSPS) is 11.2. The van der Waals surface area contributed by atoms with Crippen molar-refractivity contribution in [2.45, 2.75) is 21.5 Å². The van der Waals surface area contributed by atoms with Crippen LogP contribution in [0.1, 0.15) is 15.9 Å². The summed E-state index contributed by atoms with van der Waals surface area (Å²) in [5, 5.41) is 18.1. The van der Waals surface area contributed by atoms with Crippen molar-refractivity contribution < 1.29 is 18.3 Å². The molecule has 8 nitrogen and oxygen atoms in total. The standard InChI is InChI=1S/C18H16N4O4S2/c19-28(25,26)15-10-13(17(23)24)9-14(22-11-12-5-2-1-3-6-12)16(15)27-18-20-7-4-8-21-18/h1-10,22H,11H2,(H,23,24)(H2,19,25,26). The Hall–Kier alpha value is -2.95. The molecule has 3 aromatic rings. The van der Waals surface area contributed by atoms with Gasteiger partial charge in [-0.2, -0.15) is 0 Å². The number of carboxylic acid groups (broad SMARTS) is 1. The number of aromatic nitrogens is 2. The molecule has 0 bridgehead atoms. The summed E-state index contributed by atoms with van der Waals surface area (Å²) in [6.07, 6.45) is 3.04. The molecular formula is C18H16N4O4S2. The molecule has 0 spiro atoms. The van der Waals surface area contributed by atoms with Crippen LogP contribution in [0.4, 0.5) is 5.69 Å². The molecule has 28 heavy (non-hydrogen) atoms. The van der Waals surface area contributed by atoms with Crippen molar-refractivity contribution in [3.8, 4) is 0 Å². The van der Waals surface area contributed by atoms with E-state index in [1.54, 1.807) is 6.07 Å². The minimum Gasteiger partial charge on any atom is -0.478 e. The Morgan fingerprint density at radius 3 is 2.39 bits per heavy atom. The molecule has 0 unspecified atom stereocenters. The SMILES string of the molecule is NS(=O)(=O)c1cc(C(=O)O)cc(NCc2ccccc2)c1Sc1ncccn1. The van der Waals surface area contributed by atoms with Gasteiger partial charge in [-0.3, -0.25) is 0 Å². The minimum absolute atomic E-state index is 0.196. The quantitative estimate of drug-likeness (QED) is 0.500. The molecule has 4 N–H and O–H groups in total. The molecule has 0 saturated heterocycles. The average Bonchev–Trinajstić information content (AvgIpc) is 2.67. The van der Waals surface area contributed by atoms with E-state index >= 15 is 0 Å². The van der Waals surface area contributed by atoms with Gasteiger partial charge in [0.2, 0.25) is 10.0 Å². The van der Waals surface area contributed by atoms with E-state index in [0.29, 0.717) is 17.4 Å². The van der Waals surface area contributed by atoms with Crippen LogP contribution >= 0.6 is 11.8 Å². The second-order valence-electron chi connectivity index (χ2n) is 5.67. The van der Waals surface area contributed by atoms with Crippen LogP contribution in [0.5, 0.6) is 0 Å². The number of hydrogen-bond acceptors (Lipinski definition) is 7. The fourth-order valence-electron chi connectivity index (χ4n) is 2.40. The molecule has 0 atom stereocenters. The molecule has 144 valence electrons. The number of primary sulfonamides is 1. The topological polar surface area (TPSA) is 135 Å². The fraction of sp³-hybridized carbons (Fsp3) is 0.0556. The Balaban J connectivity index is 2.10. The van der Waals surface area contributed by atoms with Crippen LogP contribution in [0.3, 0.4) is 0 Å². The van der Waals surface area contributed by atoms with Gasteiger partial charge >= 0.3 is 5.97 Å². The van der Waals surface area contributed by atoms with E-state index in [4.69, 9.17) is 5.14 Å². The van der Waals surface area contributed by atoms with Gasteiger partial charge in [0.25, 0.3) is 0 Å². The Morgan fingerprint density at radius 2 is 1.79 bits per heavy atom. The van der Waals surface area contributed by atoms with E-state index in [1.807, 2.05) is 30.3 Å². The van der Waals surface area contributed by atoms with Crippen molar-refractivity contribution in [1.82, 2.24) is 9.97 Å². The van der Waals surface area contributed by atoms with Crippen molar-refractivity contribution in [1.29, 1.82) is 0 Å². The molecular weight excluding hydrogens is 400 g/mol. The molecule has 0 saturated carbocycles. The van der Waals surface area contributed by atoms with Gasteiger partial charge in [0.15, 0.2) is 5.16 Å². The number of aromatic carboxylic acids is 1. The van der Waals surface area contributed by atoms with Crippen molar-refractivity contribution in [3.63, 3.8) is 0 Å². The first-order valence-corrected chi connectivity index (χ1v) is 10.4. The molecule has 0 aliphatic heterocycles. The predicted octanol–water partition coefficient (Wildman–Crippen LogP) is 2.59. The van der Waals surface area contributed by atoms with Gasteiger partial charge < -0.3 is 10.4 Å². The number of carboxylic acids is 1. The number of sulfonamides is 1. The zero-order chi connectivity index (χ0) is 20.1. The van der Waals surface area contributed by atoms with Crippen LogP contribution in [0.15, 0.2) is 75.9 Å². The summed E-state index contributed by atoms with van der Waals surface area (Å²) in [6.45, 7) is 0.358. The Morgan fingerprint density at radius 1 is 1.11 bits per heavy atom. The molecule has 1 heterocycles. The molecule has 10 heteroatoms. The number of nitrogens with zero attached hydrogens (tertiary/aromatic N) is 2. The maximum Gasteiger partial charge on any atom is 0.335 e. The highest BCUT2D eigenvalue weighted by Crippen LogP contribution is 2.38. The number of nitrogens with two attached hydrogens (primary N) is 1. The lowest BCUT2D eigenvalue weighted by Gasteiger charge is -2.16. The largest absolute Gasteiger partial charge is 0.478 e. The first-order chi connectivity index (χ1) is 13.3. The summed E-state index contributed by atoms with van der Waals surface area (Å²) >= 11 is 0.986. The van der Waals surface area contributed by atoms with Gasteiger partial charge in [0.05, 0.1) is 21.0 Å². The van der Waals surface area contributed by atoms with Gasteiger partial charge in [-0.15, -0.1) is 0 Å². The predicted molar refractivity (Wildman–Crippen MR) is 105 cm³/mol. The first kappa shape index (κ1) is 19.8. The Kier molecular flexibility index (Phi) is 5.93. The van der Waals surface area contributed by atoms with Crippen LogP contribution in [0.2, 0.25) is 0 Å². The molecule has 1 aromatic heterocycles. The van der Waals surface area contributed by atoms with E-state index in [2.05, 4.69) is 15.3 Å². The van der Waals surface area contributed by atoms with Crippen LogP contribution < -0.4 is 10.5 Å². The summed E-state index contributed by atoms with van der Waals surface area (Å²) in [6, 6.07) is 13.4. The number of nitrogens with one attached hydrogen (secondary N) is 1. The summed E-state index contributed by atoms with van der Waals surface area (Å²) in [4.78, 5) is 19.6. The number of benzene rings is 2. The highest BCUT2D eigenvalue weighted by molar-refractivity contribution is 8.00. The fourth-order valence-corrected chi connectivity index (χ4v) is 4.34. The van der Waals surface area contributed by atoms with Crippen molar-refractivity contribution in [2.75, 3.05) is 5.32 Å². The van der Waals surface area contributed by atoms with Crippen molar-refractivity contribution in [2.24, 2.45) is 5.14 Å². The smallest absolute Gasteiger partial charge is 0.335 e. The Bertz CT molecular complexity index is 1090. The monoisotopic (exact) mass is 416 g/mol. The Labute approximate surface area is 165 Å². The summed E-state index contributed by atoms with van der Waals surface area (Å²) in [5.74, 6) is -1.26. The molecule has 0 radical (unpaired) electrons. The molecule has 0 aliphatic rings. The highest BCUT2D eigenvalue weighted by atomic mass is 32.2. The molecule has 2 aromatic carbocycles. The number of rotatable bonds is 7. The molecule has 0 aliphatic carbocycles. The van der Waals surface area contributed by atoms with E-state index in [0.717, 1.165) is 23.4 Å². The second kappa shape index (κ2) is 8.38. The maximum atomic E-state index is 12.1. The molecule has 0 fully saturated rings. The molecule has 0 amide bonds. The number of hydrogen-bond donors (Lipinski definition) is 3. The average molecular weight is 416 g/mol. The van der Waals surface area contributed by atoms with Gasteiger partial charge in [0.1, 0.15) is 0 Å². The summed E-state index contributed by atoms with van der Waals surface area (Å²) < 4.78 is 24.3. The van der Waals surface area contributed by atoms with Gasteiger partial charge in [-0.25, -0.2) is 28.3 Å². The highest BCUT2D eigenvalue weighted by Gasteiger charge is 2.23. The lowest BCUT2D eigenvalue weighted by atomic mass is 10.2. The minimum atomic E-state index is -4.19. The van der Waals surface area contributed by atoms with Gasteiger partial charge in [-0.1, -0.05) is 30.3 Å². The van der Waals surface area contributed by atoms with Gasteiger partial charge in [0, 0.05) is 18.9 Å². The second-order valence-corrected chi connectivity index (χ2v) is 8.18. The van der Waals surface area contributed by atoms with Crippen LogP contribution in [0.25, 0.3) is 0 Å². The van der Waals surface area contributed by atoms with E-state index in [1.165, 1.54) is 18.5 Å². The van der Waals surface area contributed by atoms with Crippen LogP contribution in [0, 0.1) is 0 Å². The molecule has 3 rings (SSSR count). The number of carbonyl (C=O) groups is 1. The summed E-state index contributed by atoms with van der Waals surface area (Å²) in [5.41, 5.74) is 1.05. The van der Waals surface area contributed by atoms with E-state index in [-0.39, 0.29) is 15.4 Å². The summed E-state index contributed by atoms with van der Waals surface area (Å²) in [7, 11) is -4.19. The third-order valence-corrected chi connectivity index (χ3v) is 5.77. The maximum absolute atomic E-state index is 12.1. The van der Waals surface area contributed by atoms with E-state index < -0.39 is 16.0 Å². The van der Waals surface area contributed by atoms with Crippen molar-refractivity contribution in [3.05, 3.63) is 72.1 Å². The lowest BCUT2D eigenvalue weighted by Crippen LogP contribution is -2.16. The number of anilines is 1. The zero-order valence-corrected chi connectivity index (χ0v) is 16.1.